The summed E-state index contributed by atoms with van der Waals surface area (Å²) in [4.78, 5) is 10.8. The molecule has 0 spiro atoms. The van der Waals surface area contributed by atoms with Crippen molar-refractivity contribution in [3.63, 3.8) is 0 Å². The summed E-state index contributed by atoms with van der Waals surface area (Å²) in [7, 11) is 0. The van der Waals surface area contributed by atoms with Crippen LogP contribution in [-0.4, -0.2) is 19.6 Å². The first kappa shape index (κ1) is 42.9. The van der Waals surface area contributed by atoms with E-state index in [4.69, 9.17) is 14.4 Å². The standard InChI is InChI=1S/C60H48N3O2.Pt/c1-59(2,3)43-35-47(57(64)48(36-43)60(4,5)6)58-62-56-46(25-17-27-50(56)63(58)49-26-16-15-23-44(49)38-20-11-8-12-21-38)41-32-40(37-18-9-7-10-19-37)33-42(34-41)55-54-52(30-31-61-55)65-51-29-28-39-22-13-14-24-45(39)53(51)54;/h7-33,35-36,64H,1-6H3;/q-1;. The molecule has 0 aliphatic rings. The molecule has 0 saturated heterocycles. The Bertz CT molecular complexity index is 3630. The number of pyridine rings is 1. The van der Waals surface area contributed by atoms with Gasteiger partial charge >= 0.3 is 0 Å². The summed E-state index contributed by atoms with van der Waals surface area (Å²) < 4.78 is 8.77. The van der Waals surface area contributed by atoms with E-state index in [9.17, 15) is 5.11 Å². The molecule has 0 fully saturated rings. The van der Waals surface area contributed by atoms with Gasteiger partial charge in [-0.1, -0.05) is 186 Å². The maximum atomic E-state index is 12.5. The van der Waals surface area contributed by atoms with Crippen molar-refractivity contribution in [1.29, 1.82) is 0 Å². The molecule has 11 aromatic rings. The molecule has 1 N–H and O–H groups in total. The Morgan fingerprint density at radius 3 is 1.98 bits per heavy atom. The van der Waals surface area contributed by atoms with Gasteiger partial charge in [0, 0.05) is 54.9 Å². The summed E-state index contributed by atoms with van der Waals surface area (Å²) in [6.07, 6.45) is 1.83. The number of phenolic OH excluding ortho intramolecular Hbond substituents is 1. The molecule has 5 nitrogen and oxygen atoms in total. The molecule has 326 valence electrons. The Labute approximate surface area is 399 Å². The van der Waals surface area contributed by atoms with Crippen LogP contribution in [0.15, 0.2) is 180 Å². The summed E-state index contributed by atoms with van der Waals surface area (Å²) in [6, 6.07) is 63.0. The zero-order chi connectivity index (χ0) is 44.6. The largest absolute Gasteiger partial charge is 0.507 e. The average molecular weight is 1040 g/mol. The van der Waals surface area contributed by atoms with Crippen LogP contribution in [0, 0.1) is 6.07 Å². The average Bonchev–Trinajstić information content (AvgIpc) is 3.91. The van der Waals surface area contributed by atoms with Gasteiger partial charge in [0.05, 0.1) is 22.3 Å². The van der Waals surface area contributed by atoms with Crippen LogP contribution in [0.25, 0.3) is 105 Å². The van der Waals surface area contributed by atoms with Gasteiger partial charge in [0.2, 0.25) is 0 Å². The fourth-order valence-electron chi connectivity index (χ4n) is 9.41. The minimum absolute atomic E-state index is 0. The number of imidazole rings is 1. The number of hydrogen-bond acceptors (Lipinski definition) is 4. The van der Waals surface area contributed by atoms with Gasteiger partial charge in [-0.2, -0.15) is 0 Å². The smallest absolute Gasteiger partial charge is 0.148 e. The molecular formula is C60H48N3O2Pt-. The number of para-hydroxylation sites is 2. The molecule has 0 amide bonds. The van der Waals surface area contributed by atoms with E-state index in [1.807, 2.05) is 24.4 Å². The number of nitrogens with zero attached hydrogens (tertiary/aromatic N) is 3. The molecule has 0 atom stereocenters. The van der Waals surface area contributed by atoms with Crippen LogP contribution in [0.1, 0.15) is 52.7 Å². The normalized spacial score (nSPS) is 12.0. The van der Waals surface area contributed by atoms with E-state index in [1.54, 1.807) is 0 Å². The van der Waals surface area contributed by atoms with Crippen LogP contribution < -0.4 is 0 Å². The first-order valence-electron chi connectivity index (χ1n) is 22.3. The summed E-state index contributed by atoms with van der Waals surface area (Å²) >= 11 is 0. The van der Waals surface area contributed by atoms with E-state index in [-0.39, 0.29) is 37.6 Å². The predicted octanol–water partition coefficient (Wildman–Crippen LogP) is 15.9. The van der Waals surface area contributed by atoms with Gasteiger partial charge in [0.25, 0.3) is 0 Å². The maximum absolute atomic E-state index is 12.5. The van der Waals surface area contributed by atoms with Crippen molar-refractivity contribution >= 4 is 43.7 Å². The monoisotopic (exact) mass is 1040 g/mol. The second-order valence-corrected chi connectivity index (χ2v) is 19.1. The van der Waals surface area contributed by atoms with Crippen molar-refractivity contribution in [2.24, 2.45) is 0 Å². The summed E-state index contributed by atoms with van der Waals surface area (Å²) in [6.45, 7) is 13.1. The molecule has 0 bridgehead atoms. The number of fused-ring (bicyclic) bond motifs is 6. The predicted molar refractivity (Wildman–Crippen MR) is 269 cm³/mol. The molecule has 66 heavy (non-hydrogen) atoms. The Kier molecular flexibility index (Phi) is 10.7. The Morgan fingerprint density at radius 1 is 0.561 bits per heavy atom. The van der Waals surface area contributed by atoms with E-state index in [2.05, 4.69) is 204 Å². The quantitative estimate of drug-likeness (QED) is 0.169. The number of benzene rings is 8. The third-order valence-electron chi connectivity index (χ3n) is 12.7. The van der Waals surface area contributed by atoms with Gasteiger partial charge in [-0.3, -0.25) is 9.55 Å². The molecule has 3 heterocycles. The summed E-state index contributed by atoms with van der Waals surface area (Å²) in [5.41, 5.74) is 14.1. The number of phenols is 1. The minimum atomic E-state index is -0.337. The summed E-state index contributed by atoms with van der Waals surface area (Å²) in [5.74, 6) is 0.896. The first-order valence-corrected chi connectivity index (χ1v) is 22.3. The Balaban J connectivity index is 0.00000511. The number of hydrogen-bond donors (Lipinski definition) is 1. The van der Waals surface area contributed by atoms with Crippen molar-refractivity contribution in [3.05, 3.63) is 193 Å². The molecule has 0 radical (unpaired) electrons. The number of rotatable bonds is 6. The molecule has 0 aliphatic heterocycles. The van der Waals surface area contributed by atoms with Gasteiger partial charge in [-0.25, -0.2) is 4.98 Å². The van der Waals surface area contributed by atoms with Crippen LogP contribution >= 0.6 is 0 Å². The van der Waals surface area contributed by atoms with Gasteiger partial charge in [0.1, 0.15) is 22.7 Å². The maximum Gasteiger partial charge on any atom is 0.148 e. The minimum Gasteiger partial charge on any atom is -0.507 e. The number of furan rings is 1. The van der Waals surface area contributed by atoms with E-state index >= 15 is 0 Å². The molecule has 8 aromatic carbocycles. The fraction of sp³-hybridized carbons (Fsp3) is 0.133. The van der Waals surface area contributed by atoms with Crippen molar-refractivity contribution in [1.82, 2.24) is 14.5 Å². The van der Waals surface area contributed by atoms with Gasteiger partial charge in [-0.05, 0) is 68.6 Å². The van der Waals surface area contributed by atoms with Crippen molar-refractivity contribution in [3.8, 4) is 67.5 Å². The van der Waals surface area contributed by atoms with Crippen LogP contribution in [0.4, 0.5) is 0 Å². The van der Waals surface area contributed by atoms with Crippen molar-refractivity contribution < 1.29 is 30.6 Å². The number of aromatic nitrogens is 3. The third-order valence-corrected chi connectivity index (χ3v) is 12.7. The Morgan fingerprint density at radius 2 is 1.23 bits per heavy atom. The molecule has 0 aliphatic carbocycles. The van der Waals surface area contributed by atoms with Crippen LogP contribution in [0.3, 0.4) is 0 Å². The van der Waals surface area contributed by atoms with Gasteiger partial charge < -0.3 is 9.52 Å². The third kappa shape index (κ3) is 7.32. The molecule has 3 aromatic heterocycles. The topological polar surface area (TPSA) is 64.1 Å². The SMILES string of the molecule is CC(C)(C)c1cc(-c2nc3c(-c4[c-]c(-c5nccc6oc7ccc8ccccc8c7c56)cc(-c5ccccc5)c4)cccc3n2-c2ccccc2-c2ccccc2)c(O)c(C(C)(C)C)c1.[Pt]. The van der Waals surface area contributed by atoms with E-state index in [1.165, 1.54) is 0 Å². The van der Waals surface area contributed by atoms with Gasteiger partial charge in [-0.15, -0.1) is 23.8 Å². The van der Waals surface area contributed by atoms with E-state index < -0.39 is 0 Å². The molecule has 0 saturated carbocycles. The summed E-state index contributed by atoms with van der Waals surface area (Å²) in [5, 5.41) is 16.7. The second-order valence-electron chi connectivity index (χ2n) is 19.1. The Hall–Kier alpha value is -7.07. The molecule has 0 unspecified atom stereocenters. The molecular weight excluding hydrogens is 990 g/mol. The molecule has 6 heteroatoms. The van der Waals surface area contributed by atoms with Crippen molar-refractivity contribution in [2.45, 2.75) is 52.4 Å². The zero-order valence-electron chi connectivity index (χ0n) is 37.8. The number of aromatic hydroxyl groups is 1. The second kappa shape index (κ2) is 16.4. The van der Waals surface area contributed by atoms with E-state index in [0.717, 1.165) is 105 Å². The van der Waals surface area contributed by atoms with Crippen molar-refractivity contribution in [2.75, 3.05) is 0 Å². The van der Waals surface area contributed by atoms with Crippen LogP contribution in [0.5, 0.6) is 5.75 Å². The van der Waals surface area contributed by atoms with E-state index in [0.29, 0.717) is 11.4 Å². The zero-order valence-corrected chi connectivity index (χ0v) is 40.0. The fourth-order valence-corrected chi connectivity index (χ4v) is 9.41. The van der Waals surface area contributed by atoms with Crippen LogP contribution in [-0.2, 0) is 31.9 Å². The first-order chi connectivity index (χ1) is 31.4. The van der Waals surface area contributed by atoms with Crippen LogP contribution in [0.2, 0.25) is 0 Å². The van der Waals surface area contributed by atoms with Gasteiger partial charge in [0.15, 0.2) is 0 Å². The molecule has 11 rings (SSSR count).